The van der Waals surface area contributed by atoms with Crippen molar-refractivity contribution in [3.05, 3.63) is 107 Å². The molecule has 0 bridgehead atoms. The molecule has 4 rings (SSSR count). The average Bonchev–Trinajstić information content (AvgIpc) is 3.02. The first-order valence-electron chi connectivity index (χ1n) is 9.21. The van der Waals surface area contributed by atoms with E-state index in [0.717, 1.165) is 19.3 Å². The first kappa shape index (κ1) is 16.1. The smallest absolute Gasteiger partial charge is 0.0177 e. The molecule has 126 valence electrons. The van der Waals surface area contributed by atoms with Crippen LogP contribution < -0.4 is 5.32 Å². The Morgan fingerprint density at radius 3 is 2.28 bits per heavy atom. The maximum Gasteiger partial charge on any atom is 0.0177 e. The largest absolute Gasteiger partial charge is 0.316 e. The Kier molecular flexibility index (Phi) is 4.67. The summed E-state index contributed by atoms with van der Waals surface area (Å²) in [6.45, 7) is 0. The number of hydrogen-bond donors (Lipinski definition) is 1. The molecule has 25 heavy (non-hydrogen) atoms. The molecule has 3 aromatic rings. The van der Waals surface area contributed by atoms with Crippen molar-refractivity contribution >= 4 is 0 Å². The van der Waals surface area contributed by atoms with Gasteiger partial charge in [-0.15, -0.1) is 0 Å². The second-order valence-electron chi connectivity index (χ2n) is 7.04. The molecule has 0 radical (unpaired) electrons. The molecule has 1 N–H and O–H groups in total. The van der Waals surface area contributed by atoms with E-state index in [1.807, 2.05) is 0 Å². The van der Waals surface area contributed by atoms with Crippen molar-refractivity contribution in [2.75, 3.05) is 7.05 Å². The second kappa shape index (κ2) is 7.25. The molecule has 0 aliphatic heterocycles. The lowest BCUT2D eigenvalue weighted by Gasteiger charge is -2.22. The SMILES string of the molecule is CN[C@H]1Cc2ccccc2C1Cc1ccccc1Cc1ccccc1. The molecule has 1 nitrogen and oxygen atoms in total. The molecular formula is C24H25N. The monoisotopic (exact) mass is 327 g/mol. The maximum atomic E-state index is 3.55. The van der Waals surface area contributed by atoms with Gasteiger partial charge < -0.3 is 5.32 Å². The molecule has 1 heteroatoms. The van der Waals surface area contributed by atoms with Crippen molar-refractivity contribution in [3.8, 4) is 0 Å². The molecule has 1 aliphatic carbocycles. The van der Waals surface area contributed by atoms with Crippen molar-refractivity contribution in [1.29, 1.82) is 0 Å². The summed E-state index contributed by atoms with van der Waals surface area (Å²) in [6.07, 6.45) is 3.25. The van der Waals surface area contributed by atoms with Gasteiger partial charge in [-0.2, -0.15) is 0 Å². The van der Waals surface area contributed by atoms with Crippen LogP contribution in [0.3, 0.4) is 0 Å². The van der Waals surface area contributed by atoms with Crippen LogP contribution >= 0.6 is 0 Å². The normalized spacial score (nSPS) is 18.9. The van der Waals surface area contributed by atoms with Gasteiger partial charge in [0.25, 0.3) is 0 Å². The van der Waals surface area contributed by atoms with Gasteiger partial charge in [-0.3, -0.25) is 0 Å². The predicted octanol–water partition coefficient (Wildman–Crippen LogP) is 4.75. The summed E-state index contributed by atoms with van der Waals surface area (Å²) in [5, 5.41) is 3.55. The van der Waals surface area contributed by atoms with Gasteiger partial charge in [0.2, 0.25) is 0 Å². The van der Waals surface area contributed by atoms with Crippen molar-refractivity contribution < 1.29 is 0 Å². The van der Waals surface area contributed by atoms with E-state index in [9.17, 15) is 0 Å². The van der Waals surface area contributed by atoms with Crippen molar-refractivity contribution in [3.63, 3.8) is 0 Å². The highest BCUT2D eigenvalue weighted by molar-refractivity contribution is 5.41. The molecule has 0 saturated carbocycles. The summed E-state index contributed by atoms with van der Waals surface area (Å²) < 4.78 is 0. The van der Waals surface area contributed by atoms with E-state index in [-0.39, 0.29) is 0 Å². The molecular weight excluding hydrogens is 302 g/mol. The van der Waals surface area contributed by atoms with Gasteiger partial charge in [0.1, 0.15) is 0 Å². The molecule has 0 saturated heterocycles. The number of benzene rings is 3. The summed E-state index contributed by atoms with van der Waals surface area (Å²) in [7, 11) is 2.10. The Morgan fingerprint density at radius 1 is 0.800 bits per heavy atom. The highest BCUT2D eigenvalue weighted by Gasteiger charge is 2.31. The minimum Gasteiger partial charge on any atom is -0.316 e. The highest BCUT2D eigenvalue weighted by Crippen LogP contribution is 2.36. The van der Waals surface area contributed by atoms with Gasteiger partial charge in [0.15, 0.2) is 0 Å². The molecule has 3 aromatic carbocycles. The molecule has 1 aliphatic rings. The van der Waals surface area contributed by atoms with Crippen molar-refractivity contribution in [2.24, 2.45) is 0 Å². The molecule has 0 spiro atoms. The van der Waals surface area contributed by atoms with Crippen LogP contribution in [0.15, 0.2) is 78.9 Å². The van der Waals surface area contributed by atoms with E-state index in [1.54, 1.807) is 0 Å². The minimum atomic E-state index is 0.530. The van der Waals surface area contributed by atoms with Crippen LogP contribution in [-0.2, 0) is 19.3 Å². The van der Waals surface area contributed by atoms with Gasteiger partial charge in [0, 0.05) is 12.0 Å². The Hall–Kier alpha value is -2.38. The van der Waals surface area contributed by atoms with Crippen LogP contribution in [-0.4, -0.2) is 13.1 Å². The fraction of sp³-hybridized carbons (Fsp3) is 0.250. The Balaban J connectivity index is 1.63. The van der Waals surface area contributed by atoms with E-state index < -0.39 is 0 Å². The Morgan fingerprint density at radius 2 is 1.48 bits per heavy atom. The minimum absolute atomic E-state index is 0.530. The molecule has 0 aromatic heterocycles. The van der Waals surface area contributed by atoms with Gasteiger partial charge in [0.05, 0.1) is 0 Å². The van der Waals surface area contributed by atoms with Crippen molar-refractivity contribution in [2.45, 2.75) is 31.2 Å². The maximum absolute atomic E-state index is 3.55. The van der Waals surface area contributed by atoms with Crippen molar-refractivity contribution in [1.82, 2.24) is 5.32 Å². The van der Waals surface area contributed by atoms with Crippen LogP contribution in [0.2, 0.25) is 0 Å². The summed E-state index contributed by atoms with van der Waals surface area (Å²) in [4.78, 5) is 0. The lowest BCUT2D eigenvalue weighted by molar-refractivity contribution is 0.491. The van der Waals surface area contributed by atoms with Crippen LogP contribution in [0.25, 0.3) is 0 Å². The zero-order valence-electron chi connectivity index (χ0n) is 14.8. The van der Waals surface area contributed by atoms with Gasteiger partial charge >= 0.3 is 0 Å². The number of fused-ring (bicyclic) bond motifs is 1. The molecule has 1 unspecified atom stereocenters. The van der Waals surface area contributed by atoms with Gasteiger partial charge in [-0.25, -0.2) is 0 Å². The molecule has 0 fully saturated rings. The van der Waals surface area contributed by atoms with E-state index in [1.165, 1.54) is 27.8 Å². The third-order valence-electron chi connectivity index (χ3n) is 5.55. The lowest BCUT2D eigenvalue weighted by Crippen LogP contribution is -2.30. The third-order valence-corrected chi connectivity index (χ3v) is 5.55. The number of likely N-dealkylation sites (N-methyl/N-ethyl adjacent to an activating group) is 1. The number of nitrogens with one attached hydrogen (secondary N) is 1. The molecule has 0 amide bonds. The lowest BCUT2D eigenvalue weighted by atomic mass is 9.87. The topological polar surface area (TPSA) is 12.0 Å². The zero-order valence-corrected chi connectivity index (χ0v) is 14.8. The summed E-state index contributed by atoms with van der Waals surface area (Å²) in [5.41, 5.74) is 7.34. The highest BCUT2D eigenvalue weighted by atomic mass is 14.9. The fourth-order valence-corrected chi connectivity index (χ4v) is 4.21. The third kappa shape index (κ3) is 3.38. The standard InChI is InChI=1S/C24H25N/c1-25-24-17-21-13-7-8-14-22(21)23(24)16-20-12-6-5-11-19(20)15-18-9-3-2-4-10-18/h2-14,23-25H,15-17H2,1H3/t23?,24-/m0/s1. The van der Waals surface area contributed by atoms with Crippen LogP contribution in [0, 0.1) is 0 Å². The summed E-state index contributed by atoms with van der Waals surface area (Å²) in [6, 6.07) is 29.2. The fourth-order valence-electron chi connectivity index (χ4n) is 4.21. The second-order valence-corrected chi connectivity index (χ2v) is 7.04. The summed E-state index contributed by atoms with van der Waals surface area (Å²) in [5.74, 6) is 0.554. The Labute approximate surface area is 150 Å². The Bertz CT molecular complexity index is 837. The first-order chi connectivity index (χ1) is 12.3. The first-order valence-corrected chi connectivity index (χ1v) is 9.21. The number of hydrogen-bond acceptors (Lipinski definition) is 1. The van der Waals surface area contributed by atoms with E-state index >= 15 is 0 Å². The van der Waals surface area contributed by atoms with E-state index in [4.69, 9.17) is 0 Å². The zero-order chi connectivity index (χ0) is 17.1. The molecule has 2 atom stereocenters. The van der Waals surface area contributed by atoms with E-state index in [0.29, 0.717) is 12.0 Å². The summed E-state index contributed by atoms with van der Waals surface area (Å²) >= 11 is 0. The predicted molar refractivity (Wildman–Crippen MR) is 105 cm³/mol. The number of rotatable bonds is 5. The van der Waals surface area contributed by atoms with Gasteiger partial charge in [-0.1, -0.05) is 78.9 Å². The average molecular weight is 327 g/mol. The van der Waals surface area contributed by atoms with E-state index in [2.05, 4.69) is 91.2 Å². The quantitative estimate of drug-likeness (QED) is 0.713. The van der Waals surface area contributed by atoms with Gasteiger partial charge in [-0.05, 0) is 54.1 Å². The van der Waals surface area contributed by atoms with Crippen LogP contribution in [0.5, 0.6) is 0 Å². The molecule has 0 heterocycles. The van der Waals surface area contributed by atoms with Crippen LogP contribution in [0.4, 0.5) is 0 Å². The van der Waals surface area contributed by atoms with Crippen LogP contribution in [0.1, 0.15) is 33.7 Å².